The predicted molar refractivity (Wildman–Crippen MR) is 93.0 cm³/mol. The van der Waals surface area contributed by atoms with E-state index >= 15 is 0 Å². The molecule has 3 N–H and O–H groups in total. The van der Waals surface area contributed by atoms with Gasteiger partial charge in [-0.3, -0.25) is 9.59 Å². The Labute approximate surface area is 142 Å². The third-order valence-corrected chi connectivity index (χ3v) is 4.30. The maximum absolute atomic E-state index is 12.4. The number of nitrogens with one attached hydrogen (secondary N) is 3. The van der Waals surface area contributed by atoms with Crippen molar-refractivity contribution in [3.63, 3.8) is 0 Å². The molecule has 1 fully saturated rings. The van der Waals surface area contributed by atoms with Gasteiger partial charge in [-0.15, -0.1) is 0 Å². The van der Waals surface area contributed by atoms with Crippen molar-refractivity contribution >= 4 is 29.1 Å². The van der Waals surface area contributed by atoms with Crippen LogP contribution in [0.2, 0.25) is 5.02 Å². The van der Waals surface area contributed by atoms with E-state index in [2.05, 4.69) is 16.0 Å². The number of benzene rings is 1. The summed E-state index contributed by atoms with van der Waals surface area (Å²) in [5.74, 6) is -0.322. The molecule has 5 nitrogen and oxygen atoms in total. The lowest BCUT2D eigenvalue weighted by Gasteiger charge is -2.23. The molecule has 2 rings (SSSR count). The van der Waals surface area contributed by atoms with Crippen LogP contribution in [0.5, 0.6) is 0 Å². The van der Waals surface area contributed by atoms with Crippen molar-refractivity contribution < 1.29 is 9.59 Å². The van der Waals surface area contributed by atoms with Crippen LogP contribution in [0.4, 0.5) is 5.69 Å². The Morgan fingerprint density at radius 2 is 1.96 bits per heavy atom. The lowest BCUT2D eigenvalue weighted by atomic mass is 9.95. The molecule has 0 spiro atoms. The monoisotopic (exact) mass is 337 g/mol. The molecule has 6 heteroatoms. The van der Waals surface area contributed by atoms with Gasteiger partial charge < -0.3 is 16.0 Å². The van der Waals surface area contributed by atoms with Crippen LogP contribution >= 0.6 is 11.6 Å². The summed E-state index contributed by atoms with van der Waals surface area (Å²) in [4.78, 5) is 24.2. The minimum atomic E-state index is -0.176. The van der Waals surface area contributed by atoms with Crippen molar-refractivity contribution in [1.82, 2.24) is 10.6 Å². The number of carbonyl (C=O) groups is 2. The van der Waals surface area contributed by atoms with Gasteiger partial charge in [0, 0.05) is 11.7 Å². The Hall–Kier alpha value is -1.59. The molecule has 126 valence electrons. The molecule has 0 atom stereocenters. The van der Waals surface area contributed by atoms with Gasteiger partial charge in [-0.05, 0) is 37.6 Å². The van der Waals surface area contributed by atoms with Crippen LogP contribution in [-0.2, 0) is 4.79 Å². The summed E-state index contributed by atoms with van der Waals surface area (Å²) < 4.78 is 0. The lowest BCUT2D eigenvalue weighted by Crippen LogP contribution is -2.36. The molecule has 0 saturated heterocycles. The Bertz CT molecular complexity index is 557. The molecular formula is C17H24ClN3O2. The van der Waals surface area contributed by atoms with Crippen LogP contribution in [0.15, 0.2) is 18.2 Å². The number of likely N-dealkylation sites (N-methyl/N-ethyl adjacent to an activating group) is 1. The normalized spacial score (nSPS) is 15.2. The molecule has 0 heterocycles. The van der Waals surface area contributed by atoms with Crippen LogP contribution in [0.1, 0.15) is 49.4 Å². The van der Waals surface area contributed by atoms with Crippen molar-refractivity contribution in [2.45, 2.75) is 45.1 Å². The maximum atomic E-state index is 12.4. The fraction of sp³-hybridized carbons (Fsp3) is 0.529. The van der Waals surface area contributed by atoms with Gasteiger partial charge in [0.15, 0.2) is 0 Å². The highest BCUT2D eigenvalue weighted by Crippen LogP contribution is 2.22. The van der Waals surface area contributed by atoms with Crippen LogP contribution in [0.25, 0.3) is 0 Å². The van der Waals surface area contributed by atoms with Crippen molar-refractivity contribution in [3.8, 4) is 0 Å². The first kappa shape index (κ1) is 17.8. The minimum absolute atomic E-state index is 0.146. The topological polar surface area (TPSA) is 70.2 Å². The van der Waals surface area contributed by atoms with E-state index in [1.165, 1.54) is 6.42 Å². The average Bonchev–Trinajstić information content (AvgIpc) is 2.55. The van der Waals surface area contributed by atoms with Crippen molar-refractivity contribution in [1.29, 1.82) is 0 Å². The Balaban J connectivity index is 2.01. The van der Waals surface area contributed by atoms with E-state index in [1.807, 2.05) is 6.92 Å². The molecule has 0 bridgehead atoms. The SMILES string of the molecule is CCNCC(=O)Nc1ccc(Cl)c(C(=O)NC2CCCCC2)c1. The summed E-state index contributed by atoms with van der Waals surface area (Å²) >= 11 is 6.14. The molecule has 2 amide bonds. The predicted octanol–water partition coefficient (Wildman–Crippen LogP) is 2.95. The molecule has 1 aromatic rings. The van der Waals surface area contributed by atoms with Crippen molar-refractivity contribution in [2.75, 3.05) is 18.4 Å². The molecule has 1 aromatic carbocycles. The van der Waals surface area contributed by atoms with E-state index in [9.17, 15) is 9.59 Å². The highest BCUT2D eigenvalue weighted by atomic mass is 35.5. The Kier molecular flexibility index (Phi) is 6.86. The van der Waals surface area contributed by atoms with Gasteiger partial charge in [0.25, 0.3) is 5.91 Å². The average molecular weight is 338 g/mol. The quantitative estimate of drug-likeness (QED) is 0.747. The summed E-state index contributed by atoms with van der Waals surface area (Å²) in [6.07, 6.45) is 5.57. The van der Waals surface area contributed by atoms with E-state index in [0.717, 1.165) is 32.2 Å². The number of anilines is 1. The van der Waals surface area contributed by atoms with Gasteiger partial charge in [0.1, 0.15) is 0 Å². The van der Waals surface area contributed by atoms with Gasteiger partial charge in [-0.2, -0.15) is 0 Å². The second kappa shape index (κ2) is 8.89. The zero-order chi connectivity index (χ0) is 16.7. The smallest absolute Gasteiger partial charge is 0.253 e. The van der Waals surface area contributed by atoms with Crippen LogP contribution < -0.4 is 16.0 Å². The number of halogens is 1. The van der Waals surface area contributed by atoms with Gasteiger partial charge in [0.2, 0.25) is 5.91 Å². The van der Waals surface area contributed by atoms with Crippen LogP contribution in [-0.4, -0.2) is 30.9 Å². The van der Waals surface area contributed by atoms with E-state index in [0.29, 0.717) is 16.3 Å². The van der Waals surface area contributed by atoms with Crippen LogP contribution in [0, 0.1) is 0 Å². The summed E-state index contributed by atoms with van der Waals surface area (Å²) in [7, 11) is 0. The first-order chi connectivity index (χ1) is 11.1. The summed E-state index contributed by atoms with van der Waals surface area (Å²) in [6.45, 7) is 2.90. The molecule has 0 unspecified atom stereocenters. The van der Waals surface area contributed by atoms with Gasteiger partial charge >= 0.3 is 0 Å². The standard InChI is InChI=1S/C17H24ClN3O2/c1-2-19-11-16(22)20-13-8-9-15(18)14(10-13)17(23)21-12-6-4-3-5-7-12/h8-10,12,19H,2-7,11H2,1H3,(H,20,22)(H,21,23). The molecule has 0 radical (unpaired) electrons. The summed E-state index contributed by atoms with van der Waals surface area (Å²) in [6, 6.07) is 5.19. The van der Waals surface area contributed by atoms with E-state index < -0.39 is 0 Å². The Morgan fingerprint density at radius 3 is 2.65 bits per heavy atom. The maximum Gasteiger partial charge on any atom is 0.253 e. The lowest BCUT2D eigenvalue weighted by molar-refractivity contribution is -0.115. The number of amides is 2. The molecular weight excluding hydrogens is 314 g/mol. The molecule has 23 heavy (non-hydrogen) atoms. The fourth-order valence-electron chi connectivity index (χ4n) is 2.73. The summed E-state index contributed by atoms with van der Waals surface area (Å²) in [5, 5.41) is 9.15. The van der Waals surface area contributed by atoms with Crippen molar-refractivity contribution in [2.24, 2.45) is 0 Å². The molecule has 0 aromatic heterocycles. The third kappa shape index (κ3) is 5.52. The number of hydrogen-bond acceptors (Lipinski definition) is 3. The zero-order valence-corrected chi connectivity index (χ0v) is 14.2. The third-order valence-electron chi connectivity index (χ3n) is 3.97. The van der Waals surface area contributed by atoms with E-state index in [-0.39, 0.29) is 24.4 Å². The largest absolute Gasteiger partial charge is 0.349 e. The van der Waals surface area contributed by atoms with E-state index in [4.69, 9.17) is 11.6 Å². The fourth-order valence-corrected chi connectivity index (χ4v) is 2.93. The van der Waals surface area contributed by atoms with Crippen molar-refractivity contribution in [3.05, 3.63) is 28.8 Å². The zero-order valence-electron chi connectivity index (χ0n) is 13.5. The first-order valence-corrected chi connectivity index (χ1v) is 8.59. The Morgan fingerprint density at radius 1 is 1.22 bits per heavy atom. The molecule has 0 aliphatic heterocycles. The number of hydrogen-bond donors (Lipinski definition) is 3. The van der Waals surface area contributed by atoms with Gasteiger partial charge in [0.05, 0.1) is 17.1 Å². The van der Waals surface area contributed by atoms with Crippen LogP contribution in [0.3, 0.4) is 0 Å². The highest BCUT2D eigenvalue weighted by molar-refractivity contribution is 6.34. The number of carbonyl (C=O) groups excluding carboxylic acids is 2. The minimum Gasteiger partial charge on any atom is -0.349 e. The highest BCUT2D eigenvalue weighted by Gasteiger charge is 2.18. The second-order valence-corrected chi connectivity index (χ2v) is 6.24. The van der Waals surface area contributed by atoms with E-state index in [1.54, 1.807) is 18.2 Å². The summed E-state index contributed by atoms with van der Waals surface area (Å²) in [5.41, 5.74) is 0.976. The first-order valence-electron chi connectivity index (χ1n) is 8.21. The molecule has 1 saturated carbocycles. The van der Waals surface area contributed by atoms with Gasteiger partial charge in [-0.25, -0.2) is 0 Å². The van der Waals surface area contributed by atoms with Gasteiger partial charge in [-0.1, -0.05) is 37.8 Å². The molecule has 1 aliphatic rings. The second-order valence-electron chi connectivity index (χ2n) is 5.83. The molecule has 1 aliphatic carbocycles. The number of rotatable bonds is 6.